The second kappa shape index (κ2) is 10.9. The van der Waals surface area contributed by atoms with Gasteiger partial charge in [-0.3, -0.25) is 4.90 Å². The number of hydrogen-bond donors (Lipinski definition) is 0. The highest BCUT2D eigenvalue weighted by Crippen LogP contribution is 2.48. The van der Waals surface area contributed by atoms with Crippen molar-refractivity contribution < 1.29 is 39.8 Å². The molecule has 0 aromatic heterocycles. The molecule has 0 bridgehead atoms. The number of methoxy groups -OCH3 is 1. The smallest absolute Gasteiger partial charge is 0.425 e. The summed E-state index contributed by atoms with van der Waals surface area (Å²) in [6.45, 7) is 1.36. The monoisotopic (exact) mass is 589 g/mol. The van der Waals surface area contributed by atoms with Crippen LogP contribution in [0.4, 0.5) is 22.0 Å². The molecule has 39 heavy (non-hydrogen) atoms. The van der Waals surface area contributed by atoms with Crippen LogP contribution in [0, 0.1) is 11.6 Å². The third kappa shape index (κ3) is 6.00. The first-order valence-corrected chi connectivity index (χ1v) is 14.1. The molecular weight excluding hydrogens is 565 g/mol. The minimum absolute atomic E-state index is 0.0505. The maximum absolute atomic E-state index is 14.0. The minimum atomic E-state index is -4.69. The van der Waals surface area contributed by atoms with Gasteiger partial charge in [0.15, 0.2) is 27.6 Å². The van der Waals surface area contributed by atoms with E-state index in [1.54, 1.807) is 30.3 Å². The van der Waals surface area contributed by atoms with Gasteiger partial charge in [-0.1, -0.05) is 41.9 Å². The Balaban J connectivity index is 1.86. The zero-order valence-electron chi connectivity index (χ0n) is 21.1. The molecule has 210 valence electrons. The van der Waals surface area contributed by atoms with Crippen LogP contribution >= 0.6 is 11.6 Å². The van der Waals surface area contributed by atoms with Crippen molar-refractivity contribution in [2.24, 2.45) is 0 Å². The summed E-state index contributed by atoms with van der Waals surface area (Å²) in [6, 6.07) is 12.2. The van der Waals surface area contributed by atoms with Crippen LogP contribution in [0.15, 0.2) is 59.5 Å². The summed E-state index contributed by atoms with van der Waals surface area (Å²) in [5.74, 6) is -2.79. The Kier molecular flexibility index (Phi) is 8.16. The lowest BCUT2D eigenvalue weighted by Gasteiger charge is -2.46. The van der Waals surface area contributed by atoms with E-state index in [4.69, 9.17) is 21.1 Å². The average Bonchev–Trinajstić information content (AvgIpc) is 2.83. The van der Waals surface area contributed by atoms with Crippen molar-refractivity contribution in [1.82, 2.24) is 4.90 Å². The van der Waals surface area contributed by atoms with Crippen LogP contribution in [0.2, 0.25) is 5.02 Å². The van der Waals surface area contributed by atoms with Crippen molar-refractivity contribution in [3.05, 3.63) is 87.9 Å². The number of nitrogens with zero attached hydrogens (tertiary/aromatic N) is 1. The molecule has 2 atom stereocenters. The number of hydrogen-bond acceptors (Lipinski definition) is 5. The van der Waals surface area contributed by atoms with Crippen molar-refractivity contribution in [2.75, 3.05) is 26.5 Å². The molecule has 3 aromatic carbocycles. The van der Waals surface area contributed by atoms with E-state index in [9.17, 15) is 30.4 Å². The van der Waals surface area contributed by atoms with Crippen molar-refractivity contribution in [1.29, 1.82) is 0 Å². The van der Waals surface area contributed by atoms with E-state index in [2.05, 4.69) is 0 Å². The van der Waals surface area contributed by atoms with Crippen molar-refractivity contribution in [2.45, 2.75) is 36.1 Å². The molecule has 4 rings (SSSR count). The Morgan fingerprint density at radius 2 is 1.64 bits per heavy atom. The fourth-order valence-corrected chi connectivity index (χ4v) is 5.80. The number of likely N-dealkylation sites (tertiary alicyclic amines) is 1. The Morgan fingerprint density at radius 1 is 1.03 bits per heavy atom. The maximum Gasteiger partial charge on any atom is 0.425 e. The lowest BCUT2D eigenvalue weighted by atomic mass is 9.85. The summed E-state index contributed by atoms with van der Waals surface area (Å²) in [5, 5.41) is 0.0505. The van der Waals surface area contributed by atoms with Gasteiger partial charge in [-0.25, -0.2) is 17.2 Å². The number of halogens is 6. The molecule has 0 N–H and O–H groups in total. The first kappa shape index (κ1) is 29.1. The molecule has 12 heteroatoms. The van der Waals surface area contributed by atoms with Gasteiger partial charge in [0.25, 0.3) is 0 Å². The normalized spacial score (nSPS) is 16.4. The first-order chi connectivity index (χ1) is 18.2. The van der Waals surface area contributed by atoms with E-state index < -0.39 is 39.8 Å². The summed E-state index contributed by atoms with van der Waals surface area (Å²) in [4.78, 5) is 1.64. The molecule has 0 saturated carbocycles. The van der Waals surface area contributed by atoms with E-state index >= 15 is 0 Å². The van der Waals surface area contributed by atoms with Crippen molar-refractivity contribution in [3.63, 3.8) is 0 Å². The zero-order valence-corrected chi connectivity index (χ0v) is 22.7. The fourth-order valence-electron chi connectivity index (χ4n) is 4.65. The van der Waals surface area contributed by atoms with Gasteiger partial charge in [0.2, 0.25) is 0 Å². The van der Waals surface area contributed by atoms with E-state index in [-0.39, 0.29) is 46.0 Å². The molecule has 1 saturated heterocycles. The largest absolute Gasteiger partial charge is 0.495 e. The quantitative estimate of drug-likeness (QED) is 0.220. The minimum Gasteiger partial charge on any atom is -0.495 e. The molecule has 1 aliphatic rings. The first-order valence-electron chi connectivity index (χ1n) is 11.8. The van der Waals surface area contributed by atoms with Gasteiger partial charge in [-0.15, -0.1) is 0 Å². The number of rotatable bonds is 8. The van der Waals surface area contributed by atoms with Gasteiger partial charge in [0, 0.05) is 30.3 Å². The summed E-state index contributed by atoms with van der Waals surface area (Å²) in [7, 11) is -2.63. The van der Waals surface area contributed by atoms with Gasteiger partial charge in [-0.2, -0.15) is 13.2 Å². The molecule has 1 fully saturated rings. The second-order valence-corrected chi connectivity index (χ2v) is 11.7. The highest BCUT2D eigenvalue weighted by Gasteiger charge is 2.42. The van der Waals surface area contributed by atoms with E-state index in [1.807, 2.05) is 4.90 Å². The third-order valence-electron chi connectivity index (χ3n) is 6.63. The Labute approximate surface area is 228 Å². The van der Waals surface area contributed by atoms with Crippen LogP contribution in [0.1, 0.15) is 35.6 Å². The molecule has 0 radical (unpaired) electrons. The number of ether oxygens (including phenoxy) is 2. The summed E-state index contributed by atoms with van der Waals surface area (Å²) in [5.41, 5.74) is 1.11. The molecule has 0 spiro atoms. The Bertz CT molecular complexity index is 1460. The van der Waals surface area contributed by atoms with Crippen LogP contribution in [-0.2, 0) is 9.84 Å². The van der Waals surface area contributed by atoms with Gasteiger partial charge in [0.05, 0.1) is 18.7 Å². The molecule has 3 aromatic rings. The molecule has 0 aliphatic carbocycles. The molecule has 1 heterocycles. The predicted octanol–water partition coefficient (Wildman–Crippen LogP) is 6.55. The average molecular weight is 590 g/mol. The van der Waals surface area contributed by atoms with Gasteiger partial charge >= 0.3 is 6.18 Å². The summed E-state index contributed by atoms with van der Waals surface area (Å²) < 4.78 is 104. The van der Waals surface area contributed by atoms with Gasteiger partial charge in [-0.05, 0) is 42.3 Å². The summed E-state index contributed by atoms with van der Waals surface area (Å²) >= 11 is 6.18. The number of benzene rings is 3. The van der Waals surface area contributed by atoms with Crippen molar-refractivity contribution in [3.8, 4) is 11.5 Å². The number of sulfone groups is 1. The van der Waals surface area contributed by atoms with Crippen LogP contribution in [-0.4, -0.2) is 52.1 Å². The zero-order chi connectivity index (χ0) is 28.7. The molecule has 0 amide bonds. The highest BCUT2D eigenvalue weighted by atomic mass is 35.5. The molecule has 1 aliphatic heterocycles. The standard InChI is InChI=1S/C27H25ClF5NO4S/c1-15(27(31,32)33)38-22-9-10-23(39(3,35)36)26(37-2)24(22)25(16-7-5-4-6-8-16)34-13-17(14-34)18-11-20(29)21(30)12-19(18)28/h4-12,15,17,25H,13-14H2,1-3H3/t15-,25?/m0/s1. The van der Waals surface area contributed by atoms with Crippen LogP contribution in [0.5, 0.6) is 11.5 Å². The second-order valence-electron chi connectivity index (χ2n) is 9.33. The van der Waals surface area contributed by atoms with Gasteiger partial charge < -0.3 is 9.47 Å². The number of alkyl halides is 3. The van der Waals surface area contributed by atoms with E-state index in [0.717, 1.165) is 31.4 Å². The molecule has 1 unspecified atom stereocenters. The lowest BCUT2D eigenvalue weighted by molar-refractivity contribution is -0.189. The van der Waals surface area contributed by atoms with Crippen LogP contribution in [0.25, 0.3) is 0 Å². The van der Waals surface area contributed by atoms with Crippen molar-refractivity contribution >= 4 is 21.4 Å². The third-order valence-corrected chi connectivity index (χ3v) is 8.08. The molecule has 5 nitrogen and oxygen atoms in total. The highest BCUT2D eigenvalue weighted by molar-refractivity contribution is 7.90. The van der Waals surface area contributed by atoms with E-state index in [0.29, 0.717) is 11.1 Å². The maximum atomic E-state index is 14.0. The Hall–Kier alpha value is -2.89. The SMILES string of the molecule is COc1c(S(C)(=O)=O)ccc(O[C@@H](C)C(F)(F)F)c1C(c1ccccc1)N1CC(c2cc(F)c(F)cc2Cl)C1. The predicted molar refractivity (Wildman–Crippen MR) is 136 cm³/mol. The van der Waals surface area contributed by atoms with Gasteiger partial charge in [0.1, 0.15) is 16.4 Å². The van der Waals surface area contributed by atoms with E-state index in [1.165, 1.54) is 13.2 Å². The Morgan fingerprint density at radius 3 is 2.21 bits per heavy atom. The molecular formula is C27H25ClF5NO4S. The topological polar surface area (TPSA) is 55.8 Å². The fraction of sp³-hybridized carbons (Fsp3) is 0.333. The van der Waals surface area contributed by atoms with Crippen LogP contribution in [0.3, 0.4) is 0 Å². The lowest BCUT2D eigenvalue weighted by Crippen LogP contribution is -2.47. The van der Waals surface area contributed by atoms with Crippen LogP contribution < -0.4 is 9.47 Å². The summed E-state index contributed by atoms with van der Waals surface area (Å²) in [6.07, 6.45) is -5.92.